The molecule has 1 aromatic carbocycles. The van der Waals surface area contributed by atoms with Crippen LogP contribution >= 0.6 is 0 Å². The molecule has 8 nitrogen and oxygen atoms in total. The molecule has 0 fully saturated rings. The quantitative estimate of drug-likeness (QED) is 0.485. The number of fused-ring (bicyclic) bond motifs is 1. The fourth-order valence-corrected chi connectivity index (χ4v) is 6.13. The van der Waals surface area contributed by atoms with Crippen LogP contribution in [-0.4, -0.2) is 32.8 Å². The Labute approximate surface area is 210 Å². The second-order valence-electron chi connectivity index (χ2n) is 8.71. The van der Waals surface area contributed by atoms with E-state index in [1.165, 1.54) is 18.7 Å². The second-order valence-corrected chi connectivity index (χ2v) is 10.8. The molecule has 0 bridgehead atoms. The molecule has 4 rings (SSSR count). The van der Waals surface area contributed by atoms with Crippen LogP contribution in [0.25, 0.3) is 6.08 Å². The van der Waals surface area contributed by atoms with Crippen LogP contribution in [0.3, 0.4) is 0 Å². The minimum absolute atomic E-state index is 0.100. The minimum atomic E-state index is -3.03. The third kappa shape index (κ3) is 5.22. The predicted molar refractivity (Wildman–Crippen MR) is 137 cm³/mol. The first-order valence-corrected chi connectivity index (χ1v) is 13.0. The van der Waals surface area contributed by atoms with Gasteiger partial charge in [-0.25, -0.2) is 18.3 Å². The smallest absolute Gasteiger partial charge is 0.272 e. The Kier molecular flexibility index (Phi) is 7.33. The molecular formula is C26H27FN6O2S. The van der Waals surface area contributed by atoms with Crippen LogP contribution in [0.1, 0.15) is 40.7 Å². The fraction of sp³-hybridized carbons (Fsp3) is 0.269. The second kappa shape index (κ2) is 10.4. The molecule has 2 aromatic heterocycles. The lowest BCUT2D eigenvalue weighted by atomic mass is 9.94. The van der Waals surface area contributed by atoms with E-state index in [2.05, 4.69) is 38.4 Å². The highest BCUT2D eigenvalue weighted by atomic mass is 32.2. The van der Waals surface area contributed by atoms with Crippen LogP contribution < -0.4 is 10.0 Å². The lowest BCUT2D eigenvalue weighted by Gasteiger charge is -2.23. The van der Waals surface area contributed by atoms with Crippen LogP contribution in [-0.2, 0) is 23.4 Å². The number of rotatable bonds is 6. The van der Waals surface area contributed by atoms with Gasteiger partial charge in [-0.2, -0.15) is 9.65 Å². The Morgan fingerprint density at radius 1 is 1.36 bits per heavy atom. The molecule has 186 valence electrons. The first kappa shape index (κ1) is 25.3. The number of benzene rings is 1. The first-order valence-electron chi connectivity index (χ1n) is 11.5. The number of amides is 1. The molecule has 1 aliphatic rings. The number of nitriles is 1. The highest BCUT2D eigenvalue weighted by molar-refractivity contribution is 7.91. The lowest BCUT2D eigenvalue weighted by Crippen LogP contribution is -2.37. The van der Waals surface area contributed by atoms with Gasteiger partial charge in [0.2, 0.25) is 5.95 Å². The minimum Gasteiger partial charge on any atom is -0.345 e. The zero-order valence-corrected chi connectivity index (χ0v) is 21.1. The average Bonchev–Trinajstić information content (AvgIpc) is 3.14. The van der Waals surface area contributed by atoms with Gasteiger partial charge in [-0.1, -0.05) is 49.4 Å². The van der Waals surface area contributed by atoms with Gasteiger partial charge in [0, 0.05) is 43.7 Å². The maximum Gasteiger partial charge on any atom is 0.272 e. The molecule has 3 atom stereocenters. The fourth-order valence-electron chi connectivity index (χ4n) is 4.26. The maximum absolute atomic E-state index is 13.9. The molecule has 3 aromatic rings. The van der Waals surface area contributed by atoms with E-state index in [1.54, 1.807) is 30.0 Å². The summed E-state index contributed by atoms with van der Waals surface area (Å²) in [5.41, 5.74) is 1.90. The number of nitrogens with one attached hydrogen (secondary N) is 2. The average molecular weight is 507 g/mol. The lowest BCUT2D eigenvalue weighted by molar-refractivity contribution is 0.101. The van der Waals surface area contributed by atoms with Crippen LogP contribution in [0.4, 0.5) is 10.1 Å². The van der Waals surface area contributed by atoms with Crippen LogP contribution in [0, 0.1) is 23.2 Å². The summed E-state index contributed by atoms with van der Waals surface area (Å²) in [5, 5.41) is 11.7. The number of pyridine rings is 1. The van der Waals surface area contributed by atoms with E-state index in [0.717, 1.165) is 18.9 Å². The Hall–Kier alpha value is -3.81. The topological polar surface area (TPSA) is 112 Å². The summed E-state index contributed by atoms with van der Waals surface area (Å²) < 4.78 is 36.7. The number of carbonyl (C=O) groups is 1. The Morgan fingerprint density at radius 2 is 2.11 bits per heavy atom. The van der Waals surface area contributed by atoms with Gasteiger partial charge in [0.25, 0.3) is 5.91 Å². The molecular weight excluding hydrogens is 479 g/mol. The van der Waals surface area contributed by atoms with E-state index in [-0.39, 0.29) is 29.0 Å². The zero-order chi connectivity index (χ0) is 25.9. The largest absolute Gasteiger partial charge is 0.345 e. The van der Waals surface area contributed by atoms with Crippen molar-refractivity contribution in [3.8, 4) is 6.07 Å². The molecule has 0 saturated heterocycles. The number of hydrogen-bond donors (Lipinski definition) is 2. The van der Waals surface area contributed by atoms with Gasteiger partial charge in [0.05, 0.1) is 4.90 Å². The zero-order valence-electron chi connectivity index (χ0n) is 20.2. The van der Waals surface area contributed by atoms with E-state index < -0.39 is 21.8 Å². The van der Waals surface area contributed by atoms with E-state index in [9.17, 15) is 13.4 Å². The van der Waals surface area contributed by atoms with Crippen molar-refractivity contribution in [2.75, 3.05) is 12.4 Å². The highest BCUT2D eigenvalue weighted by Gasteiger charge is 2.30. The molecule has 0 aliphatic carbocycles. The summed E-state index contributed by atoms with van der Waals surface area (Å²) in [6.07, 6.45) is 7.09. The maximum atomic E-state index is 13.9. The summed E-state index contributed by atoms with van der Waals surface area (Å²) in [7, 11) is 0.132. The van der Waals surface area contributed by atoms with Crippen LogP contribution in [0.2, 0.25) is 0 Å². The molecule has 3 heterocycles. The summed E-state index contributed by atoms with van der Waals surface area (Å²) in [4.78, 5) is 17.1. The Balaban J connectivity index is 1.64. The molecule has 1 aliphatic heterocycles. The van der Waals surface area contributed by atoms with Crippen molar-refractivity contribution < 1.29 is 13.4 Å². The van der Waals surface area contributed by atoms with Gasteiger partial charge in [-0.15, -0.1) is 0 Å². The monoisotopic (exact) mass is 506 g/mol. The third-order valence-electron chi connectivity index (χ3n) is 6.23. The van der Waals surface area contributed by atoms with Gasteiger partial charge in [0.15, 0.2) is 0 Å². The number of halogens is 1. The van der Waals surface area contributed by atoms with Crippen molar-refractivity contribution in [2.45, 2.75) is 30.7 Å². The number of nitrogens with zero attached hydrogens (tertiary/aromatic N) is 4. The Bertz CT molecular complexity index is 1480. The van der Waals surface area contributed by atoms with Crippen molar-refractivity contribution in [3.05, 3.63) is 83.2 Å². The van der Waals surface area contributed by atoms with Crippen molar-refractivity contribution in [2.24, 2.45) is 17.3 Å². The van der Waals surface area contributed by atoms with Crippen molar-refractivity contribution >= 4 is 27.6 Å². The van der Waals surface area contributed by atoms with Crippen molar-refractivity contribution in [3.63, 3.8) is 0 Å². The molecule has 36 heavy (non-hydrogen) atoms. The first-order chi connectivity index (χ1) is 17.2. The van der Waals surface area contributed by atoms with Crippen LogP contribution in [0.15, 0.2) is 64.0 Å². The van der Waals surface area contributed by atoms with E-state index in [0.29, 0.717) is 10.5 Å². The van der Waals surface area contributed by atoms with E-state index >= 15 is 0 Å². The van der Waals surface area contributed by atoms with E-state index in [4.69, 9.17) is 5.26 Å². The number of aromatic nitrogens is 2. The molecule has 2 unspecified atom stereocenters. The molecule has 0 spiro atoms. The summed E-state index contributed by atoms with van der Waals surface area (Å²) in [6.45, 7) is 2.09. The molecule has 0 saturated carbocycles. The SMILES string of the molecule is CN=S1(=O)N[C@@H](C(C)CCc2ccccc2)C=Cc2c1cn(C)c2C(=O)Nc1cc(F)nc(C#N)c1. The van der Waals surface area contributed by atoms with Gasteiger partial charge in [-0.3, -0.25) is 4.79 Å². The Morgan fingerprint density at radius 3 is 2.81 bits per heavy atom. The number of aryl methyl sites for hydroxylation is 2. The van der Waals surface area contributed by atoms with Crippen molar-refractivity contribution in [1.29, 1.82) is 5.26 Å². The third-order valence-corrected chi connectivity index (χ3v) is 8.26. The molecule has 1 amide bonds. The van der Waals surface area contributed by atoms with Gasteiger partial charge < -0.3 is 9.88 Å². The highest BCUT2D eigenvalue weighted by Crippen LogP contribution is 2.30. The van der Waals surface area contributed by atoms with Gasteiger partial charge in [0.1, 0.15) is 27.4 Å². The summed E-state index contributed by atoms with van der Waals surface area (Å²) >= 11 is 0. The van der Waals surface area contributed by atoms with Crippen molar-refractivity contribution in [1.82, 2.24) is 14.3 Å². The predicted octanol–water partition coefficient (Wildman–Crippen LogP) is 4.31. The molecule has 2 N–H and O–H groups in total. The van der Waals surface area contributed by atoms with Crippen LogP contribution in [0.5, 0.6) is 0 Å². The summed E-state index contributed by atoms with van der Waals surface area (Å²) in [6, 6.07) is 14.0. The standard InChI is InChI=1S/C26H27FN6O2S/c1-17(9-10-18-7-5-4-6-8-18)22-12-11-21-23(36(35,29-2)32-22)16-33(3)25(21)26(34)31-19-13-20(15-28)30-24(27)14-19/h4-8,11-14,16-17,22H,9-10H2,1-3H3,(H,29,32,35)(H,30,31,34)/t17?,22-,36?/m1/s1. The molecule has 10 heteroatoms. The molecule has 0 radical (unpaired) electrons. The van der Waals surface area contributed by atoms with E-state index in [1.807, 2.05) is 24.3 Å². The normalized spacial score (nSPS) is 19.6. The van der Waals surface area contributed by atoms with Gasteiger partial charge >= 0.3 is 0 Å². The van der Waals surface area contributed by atoms with Gasteiger partial charge in [-0.05, 0) is 30.4 Å². The number of carbonyl (C=O) groups excluding carboxylic acids is 1. The number of hydrogen-bond acceptors (Lipinski definition) is 5. The summed E-state index contributed by atoms with van der Waals surface area (Å²) in [5.74, 6) is -1.27. The number of anilines is 1.